The number of allylic oxidation sites excluding steroid dienone is 2. The van der Waals surface area contributed by atoms with E-state index < -0.39 is 0 Å². The molecule has 0 radical (unpaired) electrons. The van der Waals surface area contributed by atoms with Gasteiger partial charge >= 0.3 is 0 Å². The van der Waals surface area contributed by atoms with Crippen molar-refractivity contribution in [3.63, 3.8) is 0 Å². The molecular weight excluding hydrogens is 212 g/mol. The van der Waals surface area contributed by atoms with Gasteiger partial charge in [0.15, 0.2) is 0 Å². The van der Waals surface area contributed by atoms with E-state index in [4.69, 9.17) is 4.74 Å². The minimum absolute atomic E-state index is 0.730. The Morgan fingerprint density at radius 1 is 1.80 bits per heavy atom. The van der Waals surface area contributed by atoms with Crippen LogP contribution in [0.25, 0.3) is 0 Å². The van der Waals surface area contributed by atoms with E-state index in [1.165, 1.54) is 4.91 Å². The van der Waals surface area contributed by atoms with E-state index in [1.807, 2.05) is 11.8 Å². The van der Waals surface area contributed by atoms with E-state index in [0.29, 0.717) is 0 Å². The summed E-state index contributed by atoms with van der Waals surface area (Å²) in [7, 11) is 0. The Balaban J connectivity index is 2.51. The van der Waals surface area contributed by atoms with Crippen LogP contribution in [0.4, 0.5) is 0 Å². The summed E-state index contributed by atoms with van der Waals surface area (Å²) in [4.78, 5) is 1.29. The monoisotopic (exact) mass is 220 g/mol. The molecule has 1 heterocycles. The summed E-state index contributed by atoms with van der Waals surface area (Å²) in [6.45, 7) is 2.87. The second kappa shape index (κ2) is 4.09. The molecule has 56 valence electrons. The van der Waals surface area contributed by atoms with Crippen molar-refractivity contribution in [1.29, 1.82) is 0 Å². The molecule has 3 heteroatoms. The molecule has 0 N–H and O–H groups in total. The molecule has 0 saturated carbocycles. The molecule has 0 unspecified atom stereocenters. The maximum Gasteiger partial charge on any atom is 0.118 e. The Morgan fingerprint density at radius 3 is 3.20 bits per heavy atom. The van der Waals surface area contributed by atoms with E-state index in [-0.39, 0.29) is 0 Å². The standard InChI is InChI=1S/C7H9BrOS/c1-2-10-7-3-6(8)4-9-5-7/h3-4H,2,5H2,1H3. The minimum atomic E-state index is 0.730. The van der Waals surface area contributed by atoms with Crippen molar-refractivity contribution in [2.24, 2.45) is 0 Å². The molecule has 0 atom stereocenters. The van der Waals surface area contributed by atoms with Gasteiger partial charge in [0.25, 0.3) is 0 Å². The van der Waals surface area contributed by atoms with Crippen LogP contribution in [0.5, 0.6) is 0 Å². The molecule has 1 aliphatic rings. The Bertz CT molecular complexity index is 174. The van der Waals surface area contributed by atoms with E-state index in [2.05, 4.69) is 28.9 Å². The lowest BCUT2D eigenvalue weighted by molar-refractivity contribution is 0.282. The van der Waals surface area contributed by atoms with E-state index >= 15 is 0 Å². The Labute approximate surface area is 73.6 Å². The lowest BCUT2D eigenvalue weighted by Gasteiger charge is -2.09. The molecule has 0 saturated heterocycles. The zero-order chi connectivity index (χ0) is 7.40. The number of rotatable bonds is 2. The van der Waals surface area contributed by atoms with Crippen molar-refractivity contribution in [2.45, 2.75) is 6.92 Å². The topological polar surface area (TPSA) is 9.23 Å². The lowest BCUT2D eigenvalue weighted by Crippen LogP contribution is -1.95. The number of ether oxygens (including phenoxy) is 1. The lowest BCUT2D eigenvalue weighted by atomic mass is 10.4. The third kappa shape index (κ3) is 2.39. The number of hydrogen-bond donors (Lipinski definition) is 0. The minimum Gasteiger partial charge on any atom is -0.495 e. The van der Waals surface area contributed by atoms with Crippen LogP contribution in [-0.2, 0) is 4.74 Å². The first kappa shape index (κ1) is 8.21. The van der Waals surface area contributed by atoms with Gasteiger partial charge in [0.2, 0.25) is 0 Å². The Kier molecular flexibility index (Phi) is 3.35. The molecule has 0 aromatic rings. The van der Waals surface area contributed by atoms with Crippen molar-refractivity contribution in [3.05, 3.63) is 21.7 Å². The second-order valence-corrected chi connectivity index (χ2v) is 4.16. The van der Waals surface area contributed by atoms with Crippen molar-refractivity contribution in [2.75, 3.05) is 12.4 Å². The zero-order valence-electron chi connectivity index (χ0n) is 5.76. The zero-order valence-corrected chi connectivity index (χ0v) is 8.17. The molecule has 0 aliphatic carbocycles. The van der Waals surface area contributed by atoms with Crippen LogP contribution >= 0.6 is 27.7 Å². The Morgan fingerprint density at radius 2 is 2.60 bits per heavy atom. The predicted octanol–water partition coefficient (Wildman–Crippen LogP) is 2.89. The van der Waals surface area contributed by atoms with Crippen LogP contribution in [-0.4, -0.2) is 12.4 Å². The number of halogens is 1. The summed E-state index contributed by atoms with van der Waals surface area (Å²) < 4.78 is 6.17. The van der Waals surface area contributed by atoms with Gasteiger partial charge < -0.3 is 4.74 Å². The molecule has 0 aromatic carbocycles. The summed E-state index contributed by atoms with van der Waals surface area (Å²) in [6, 6.07) is 0. The van der Waals surface area contributed by atoms with Crippen LogP contribution in [0, 0.1) is 0 Å². The van der Waals surface area contributed by atoms with Gasteiger partial charge in [-0.1, -0.05) is 6.92 Å². The quantitative estimate of drug-likeness (QED) is 0.709. The Hall–Kier alpha value is 0.110. The van der Waals surface area contributed by atoms with Gasteiger partial charge in [0.1, 0.15) is 6.61 Å². The fourth-order valence-electron chi connectivity index (χ4n) is 0.702. The highest BCUT2D eigenvalue weighted by atomic mass is 79.9. The van der Waals surface area contributed by atoms with Gasteiger partial charge in [-0.25, -0.2) is 0 Å². The van der Waals surface area contributed by atoms with Gasteiger partial charge in [0, 0.05) is 4.91 Å². The van der Waals surface area contributed by atoms with Crippen molar-refractivity contribution in [3.8, 4) is 0 Å². The molecule has 0 fully saturated rings. The third-order valence-electron chi connectivity index (χ3n) is 1.05. The smallest absolute Gasteiger partial charge is 0.118 e. The van der Waals surface area contributed by atoms with Gasteiger partial charge in [0.05, 0.1) is 10.7 Å². The fraction of sp³-hybridized carbons (Fsp3) is 0.429. The van der Waals surface area contributed by atoms with Gasteiger partial charge in [-0.15, -0.1) is 11.8 Å². The van der Waals surface area contributed by atoms with Gasteiger partial charge in [-0.2, -0.15) is 0 Å². The molecule has 10 heavy (non-hydrogen) atoms. The second-order valence-electron chi connectivity index (χ2n) is 1.86. The summed E-state index contributed by atoms with van der Waals surface area (Å²) >= 11 is 5.17. The van der Waals surface area contributed by atoms with Gasteiger partial charge in [-0.05, 0) is 27.8 Å². The molecule has 0 spiro atoms. The highest BCUT2D eigenvalue weighted by molar-refractivity contribution is 9.11. The maximum atomic E-state index is 5.15. The van der Waals surface area contributed by atoms with E-state index in [1.54, 1.807) is 6.26 Å². The van der Waals surface area contributed by atoms with Crippen LogP contribution in [0.15, 0.2) is 21.7 Å². The molecule has 0 aromatic heterocycles. The van der Waals surface area contributed by atoms with E-state index in [9.17, 15) is 0 Å². The van der Waals surface area contributed by atoms with Crippen LogP contribution < -0.4 is 0 Å². The summed E-state index contributed by atoms with van der Waals surface area (Å²) in [6.07, 6.45) is 3.82. The first-order valence-electron chi connectivity index (χ1n) is 3.13. The number of thioether (sulfide) groups is 1. The van der Waals surface area contributed by atoms with Crippen LogP contribution in [0.2, 0.25) is 0 Å². The van der Waals surface area contributed by atoms with Crippen molar-refractivity contribution in [1.82, 2.24) is 0 Å². The van der Waals surface area contributed by atoms with Crippen molar-refractivity contribution >= 4 is 27.7 Å². The third-order valence-corrected chi connectivity index (χ3v) is 2.36. The average Bonchev–Trinajstić information content (AvgIpc) is 1.88. The van der Waals surface area contributed by atoms with E-state index in [0.717, 1.165) is 16.8 Å². The summed E-state index contributed by atoms with van der Waals surface area (Å²) in [5.41, 5.74) is 0. The van der Waals surface area contributed by atoms with Crippen LogP contribution in [0.3, 0.4) is 0 Å². The molecular formula is C7H9BrOS. The normalized spacial score (nSPS) is 17.4. The highest BCUT2D eigenvalue weighted by Crippen LogP contribution is 2.23. The average molecular weight is 221 g/mol. The maximum absolute atomic E-state index is 5.15. The van der Waals surface area contributed by atoms with Crippen LogP contribution in [0.1, 0.15) is 6.92 Å². The number of hydrogen-bond acceptors (Lipinski definition) is 2. The molecule has 1 nitrogen and oxygen atoms in total. The fourth-order valence-corrected chi connectivity index (χ4v) is 1.99. The molecule has 1 aliphatic heterocycles. The molecule has 0 amide bonds. The largest absolute Gasteiger partial charge is 0.495 e. The molecule has 0 bridgehead atoms. The van der Waals surface area contributed by atoms with Gasteiger partial charge in [-0.3, -0.25) is 0 Å². The molecule has 1 rings (SSSR count). The van der Waals surface area contributed by atoms with Crippen molar-refractivity contribution < 1.29 is 4.74 Å². The summed E-state index contributed by atoms with van der Waals surface area (Å²) in [5.74, 6) is 1.11. The highest BCUT2D eigenvalue weighted by Gasteiger charge is 2.02. The predicted molar refractivity (Wildman–Crippen MR) is 49.2 cm³/mol. The SMILES string of the molecule is CCSC1=CC(Br)=COC1. The summed E-state index contributed by atoms with van der Waals surface area (Å²) in [5, 5.41) is 0. The first-order valence-corrected chi connectivity index (χ1v) is 4.91. The first-order chi connectivity index (χ1) is 4.83.